The summed E-state index contributed by atoms with van der Waals surface area (Å²) in [6.45, 7) is 0. The van der Waals surface area contributed by atoms with Gasteiger partial charge in [0.1, 0.15) is 0 Å². The Balaban J connectivity index is 0. The zero-order valence-electron chi connectivity index (χ0n) is 2.97. The summed E-state index contributed by atoms with van der Waals surface area (Å²) in [7, 11) is 0. The molecule has 1 atom stereocenters. The van der Waals surface area contributed by atoms with Crippen LogP contribution < -0.4 is 62.2 Å². The SMILES string of the molecule is NC([O-])[Se].[K+]. The Kier molecular flexibility index (Phi) is 12.3. The first kappa shape index (κ1) is 10.1. The first-order valence-electron chi connectivity index (χ1n) is 0.805. The van der Waals surface area contributed by atoms with E-state index in [9.17, 15) is 5.11 Å². The van der Waals surface area contributed by atoms with Crippen molar-refractivity contribution >= 4 is 16.0 Å². The molecule has 0 heterocycles. The minimum Gasteiger partial charge on any atom is 1.00 e. The first-order valence-corrected chi connectivity index (χ1v) is 1.79. The Morgan fingerprint density at radius 1 is 1.80 bits per heavy atom. The van der Waals surface area contributed by atoms with Crippen LogP contribution in [-0.4, -0.2) is 21.1 Å². The van der Waals surface area contributed by atoms with Gasteiger partial charge in [0.25, 0.3) is 0 Å². The van der Waals surface area contributed by atoms with Crippen molar-refractivity contribution in [1.29, 1.82) is 0 Å². The summed E-state index contributed by atoms with van der Waals surface area (Å²) in [5.74, 6) is 0. The Morgan fingerprint density at radius 2 is 1.80 bits per heavy atom. The van der Waals surface area contributed by atoms with Crippen molar-refractivity contribution in [3.63, 3.8) is 0 Å². The molecule has 0 aliphatic carbocycles. The van der Waals surface area contributed by atoms with Gasteiger partial charge in [-0.3, -0.25) is 0 Å². The summed E-state index contributed by atoms with van der Waals surface area (Å²) >= 11 is 2.12. The number of nitrogens with two attached hydrogens (primary N) is 1. The van der Waals surface area contributed by atoms with E-state index in [0.717, 1.165) is 0 Å². The molecule has 0 spiro atoms. The van der Waals surface area contributed by atoms with E-state index in [0.29, 0.717) is 0 Å². The fourth-order valence-electron chi connectivity index (χ4n) is 0. The number of rotatable bonds is 0. The van der Waals surface area contributed by atoms with Crippen LogP contribution in [0.25, 0.3) is 0 Å². The van der Waals surface area contributed by atoms with E-state index in [-0.39, 0.29) is 51.4 Å². The second-order valence-electron chi connectivity index (χ2n) is 0.368. The van der Waals surface area contributed by atoms with Crippen molar-refractivity contribution in [3.8, 4) is 0 Å². The predicted molar refractivity (Wildman–Crippen MR) is 13.7 cm³/mol. The van der Waals surface area contributed by atoms with Gasteiger partial charge in [0.15, 0.2) is 0 Å². The normalized spacial score (nSPS) is 12.6. The van der Waals surface area contributed by atoms with Crippen LogP contribution >= 0.6 is 0 Å². The molecule has 2 nitrogen and oxygen atoms in total. The second kappa shape index (κ2) is 6.08. The molecule has 25 valence electrons. The summed E-state index contributed by atoms with van der Waals surface area (Å²) < 4.78 is 0. The fourth-order valence-corrected chi connectivity index (χ4v) is 0. The molecule has 0 amide bonds. The van der Waals surface area contributed by atoms with Crippen LogP contribution in [0.4, 0.5) is 0 Å². The monoisotopic (exact) mass is 164 g/mol. The van der Waals surface area contributed by atoms with Crippen molar-refractivity contribution < 1.29 is 56.5 Å². The van der Waals surface area contributed by atoms with E-state index >= 15 is 0 Å². The molecular formula is CH3KNOSe. The summed E-state index contributed by atoms with van der Waals surface area (Å²) in [6.07, 6.45) is 0. The summed E-state index contributed by atoms with van der Waals surface area (Å²) in [4.78, 5) is 0. The quantitative estimate of drug-likeness (QED) is 0.286. The Morgan fingerprint density at radius 3 is 1.80 bits per heavy atom. The molecular weight excluding hydrogens is 160 g/mol. The maximum atomic E-state index is 9.25. The van der Waals surface area contributed by atoms with E-state index < -0.39 is 5.13 Å². The maximum Gasteiger partial charge on any atom is 1.00 e. The van der Waals surface area contributed by atoms with Gasteiger partial charge in [-0.25, -0.2) is 0 Å². The van der Waals surface area contributed by atoms with Gasteiger partial charge in [0.2, 0.25) is 0 Å². The van der Waals surface area contributed by atoms with Crippen LogP contribution in [0.3, 0.4) is 0 Å². The van der Waals surface area contributed by atoms with E-state index in [4.69, 9.17) is 0 Å². The summed E-state index contributed by atoms with van der Waals surface area (Å²) in [5, 5.41) is 8.21. The minimum absolute atomic E-state index is 0. The number of hydrogen-bond acceptors (Lipinski definition) is 2. The van der Waals surface area contributed by atoms with Crippen LogP contribution in [0.1, 0.15) is 0 Å². The fraction of sp³-hybridized carbons (Fsp3) is 1.00. The molecule has 0 fully saturated rings. The molecule has 0 aromatic heterocycles. The topological polar surface area (TPSA) is 49.1 Å². The molecule has 0 bridgehead atoms. The van der Waals surface area contributed by atoms with Crippen molar-refractivity contribution in [2.75, 3.05) is 0 Å². The molecule has 0 rings (SSSR count). The maximum absolute atomic E-state index is 9.25. The smallest absolute Gasteiger partial charge is 1.00 e. The average molecular weight is 163 g/mol. The Labute approximate surface area is 81.7 Å². The molecule has 0 saturated carbocycles. The molecule has 1 radical (unpaired) electrons. The molecule has 5 heavy (non-hydrogen) atoms. The van der Waals surface area contributed by atoms with Crippen LogP contribution in [-0.2, 0) is 0 Å². The first-order chi connectivity index (χ1) is 1.73. The van der Waals surface area contributed by atoms with Gasteiger partial charge in [-0.15, -0.1) is 0 Å². The summed E-state index contributed by atoms with van der Waals surface area (Å²) in [5.41, 5.74) is 4.50. The van der Waals surface area contributed by atoms with Gasteiger partial charge >= 0.3 is 83.4 Å². The van der Waals surface area contributed by atoms with Crippen molar-refractivity contribution in [3.05, 3.63) is 0 Å². The zero-order chi connectivity index (χ0) is 3.58. The number of hydrogen-bond donors (Lipinski definition) is 1. The van der Waals surface area contributed by atoms with E-state index in [1.807, 2.05) is 0 Å². The van der Waals surface area contributed by atoms with Crippen LogP contribution in [0.15, 0.2) is 0 Å². The third-order valence-electron chi connectivity index (χ3n) is 0. The molecule has 0 aliphatic rings. The summed E-state index contributed by atoms with van der Waals surface area (Å²) in [6, 6.07) is 0. The van der Waals surface area contributed by atoms with Gasteiger partial charge < -0.3 is 0 Å². The van der Waals surface area contributed by atoms with Crippen molar-refractivity contribution in [2.45, 2.75) is 5.13 Å². The van der Waals surface area contributed by atoms with Crippen LogP contribution in [0, 0.1) is 0 Å². The Bertz CT molecular complexity index is 16.4. The van der Waals surface area contributed by atoms with Gasteiger partial charge in [-0.2, -0.15) is 0 Å². The molecule has 0 saturated heterocycles. The van der Waals surface area contributed by atoms with Gasteiger partial charge in [0, 0.05) is 0 Å². The molecule has 0 aromatic rings. The van der Waals surface area contributed by atoms with Crippen LogP contribution in [0.2, 0.25) is 0 Å². The van der Waals surface area contributed by atoms with Crippen molar-refractivity contribution in [2.24, 2.45) is 5.73 Å². The molecule has 0 aromatic carbocycles. The molecule has 1 unspecified atom stereocenters. The van der Waals surface area contributed by atoms with E-state index in [2.05, 4.69) is 21.7 Å². The average Bonchev–Trinajstić information content (AvgIpc) is 0.811. The zero-order valence-corrected chi connectivity index (χ0v) is 7.81. The largest absolute Gasteiger partial charge is 1.00 e. The van der Waals surface area contributed by atoms with Gasteiger partial charge in [-0.1, -0.05) is 0 Å². The van der Waals surface area contributed by atoms with E-state index in [1.165, 1.54) is 0 Å². The third-order valence-corrected chi connectivity index (χ3v) is 0. The predicted octanol–water partition coefficient (Wildman–Crippen LogP) is -5.24. The van der Waals surface area contributed by atoms with Gasteiger partial charge in [-0.05, 0) is 0 Å². The van der Waals surface area contributed by atoms with Crippen molar-refractivity contribution in [1.82, 2.24) is 0 Å². The van der Waals surface area contributed by atoms with Crippen LogP contribution in [0.5, 0.6) is 0 Å². The van der Waals surface area contributed by atoms with Gasteiger partial charge in [0.05, 0.1) is 0 Å². The molecule has 4 heteroatoms. The van der Waals surface area contributed by atoms with E-state index in [1.54, 1.807) is 0 Å². The Hall–Kier alpha value is 2.08. The molecule has 2 N–H and O–H groups in total. The minimum atomic E-state index is -1.04. The third kappa shape index (κ3) is 23.4. The standard InChI is InChI=1S/CH3NOSe.K/c2-1(3)4;/h1H,2H2;/q-1;+1. The molecule has 0 aliphatic heterocycles. The second-order valence-corrected chi connectivity index (χ2v) is 1.34.